The van der Waals surface area contributed by atoms with E-state index in [-0.39, 0.29) is 18.4 Å². The molecule has 152 valence electrons. The van der Waals surface area contributed by atoms with E-state index in [1.807, 2.05) is 28.8 Å². The summed E-state index contributed by atoms with van der Waals surface area (Å²) in [7, 11) is 0. The van der Waals surface area contributed by atoms with E-state index < -0.39 is 11.7 Å². The van der Waals surface area contributed by atoms with Gasteiger partial charge >= 0.3 is 6.18 Å². The number of fused-ring (bicyclic) bond motifs is 1. The molecule has 0 saturated carbocycles. The van der Waals surface area contributed by atoms with Crippen molar-refractivity contribution in [3.8, 4) is 0 Å². The zero-order valence-electron chi connectivity index (χ0n) is 15.6. The molecule has 0 atom stereocenters. The van der Waals surface area contributed by atoms with Gasteiger partial charge in [-0.25, -0.2) is 0 Å². The molecule has 9 heteroatoms. The quantitative estimate of drug-likeness (QED) is 0.727. The summed E-state index contributed by atoms with van der Waals surface area (Å²) in [5.74, 6) is 0.505. The Hall–Kier alpha value is -3.10. The number of amides is 1. The fourth-order valence-electron chi connectivity index (χ4n) is 3.59. The highest BCUT2D eigenvalue weighted by Crippen LogP contribution is 2.29. The van der Waals surface area contributed by atoms with Crippen LogP contribution < -0.4 is 10.2 Å². The van der Waals surface area contributed by atoms with Gasteiger partial charge in [-0.05, 0) is 36.6 Å². The zero-order chi connectivity index (χ0) is 20.4. The Labute approximate surface area is 165 Å². The van der Waals surface area contributed by atoms with Gasteiger partial charge in [-0.1, -0.05) is 24.3 Å². The largest absolute Gasteiger partial charge is 0.416 e. The predicted molar refractivity (Wildman–Crippen MR) is 102 cm³/mol. The van der Waals surface area contributed by atoms with E-state index in [1.54, 1.807) is 0 Å². The Morgan fingerprint density at radius 1 is 1.10 bits per heavy atom. The molecule has 0 radical (unpaired) electrons. The van der Waals surface area contributed by atoms with E-state index in [2.05, 4.69) is 20.4 Å². The van der Waals surface area contributed by atoms with Crippen LogP contribution in [0.5, 0.6) is 0 Å². The van der Waals surface area contributed by atoms with Gasteiger partial charge in [-0.3, -0.25) is 9.20 Å². The number of piperidine rings is 1. The monoisotopic (exact) mass is 403 g/mol. The van der Waals surface area contributed by atoms with E-state index in [9.17, 15) is 18.0 Å². The van der Waals surface area contributed by atoms with Crippen molar-refractivity contribution in [1.29, 1.82) is 0 Å². The molecule has 1 aliphatic rings. The van der Waals surface area contributed by atoms with E-state index >= 15 is 0 Å². The minimum atomic E-state index is -4.41. The van der Waals surface area contributed by atoms with Crippen molar-refractivity contribution in [1.82, 2.24) is 19.9 Å². The molecule has 0 aliphatic carbocycles. The molecule has 1 aromatic carbocycles. The molecule has 1 N–H and O–H groups in total. The second kappa shape index (κ2) is 7.73. The van der Waals surface area contributed by atoms with Gasteiger partial charge < -0.3 is 10.2 Å². The van der Waals surface area contributed by atoms with Crippen LogP contribution in [0, 0.1) is 0 Å². The van der Waals surface area contributed by atoms with Crippen molar-refractivity contribution in [2.75, 3.05) is 18.0 Å². The summed E-state index contributed by atoms with van der Waals surface area (Å²) in [6.07, 6.45) is -1.11. The number of aromatic nitrogens is 3. The number of rotatable bonds is 4. The van der Waals surface area contributed by atoms with Gasteiger partial charge in [-0.2, -0.15) is 13.2 Å². The lowest BCUT2D eigenvalue weighted by molar-refractivity contribution is -0.137. The van der Waals surface area contributed by atoms with Crippen LogP contribution in [0.15, 0.2) is 48.7 Å². The summed E-state index contributed by atoms with van der Waals surface area (Å²) in [4.78, 5) is 14.4. The Balaban J connectivity index is 1.32. The molecule has 3 heterocycles. The van der Waals surface area contributed by atoms with Crippen molar-refractivity contribution in [2.24, 2.45) is 0 Å². The number of nitrogens with one attached hydrogen (secondary N) is 1. The van der Waals surface area contributed by atoms with Gasteiger partial charge in [0.25, 0.3) is 0 Å². The molecule has 3 aromatic rings. The Kier molecular flexibility index (Phi) is 5.12. The van der Waals surface area contributed by atoms with Gasteiger partial charge in [0.1, 0.15) is 0 Å². The average molecular weight is 403 g/mol. The van der Waals surface area contributed by atoms with Crippen LogP contribution in [0.25, 0.3) is 5.65 Å². The second-order valence-corrected chi connectivity index (χ2v) is 7.13. The standard InChI is InChI=1S/C20H20F3N5O/c21-20(22,23)15-5-3-4-14(12-15)13-18(29)24-16-7-10-27(11-8-16)19-26-25-17-6-1-2-9-28(17)19/h1-6,9,12,16H,7-8,10-11,13H2,(H,24,29). The average Bonchev–Trinajstić information content (AvgIpc) is 3.12. The van der Waals surface area contributed by atoms with Crippen LogP contribution in [0.2, 0.25) is 0 Å². The molecule has 1 fully saturated rings. The first kappa shape index (κ1) is 19.2. The summed E-state index contributed by atoms with van der Waals surface area (Å²) in [6, 6.07) is 10.6. The molecule has 4 rings (SSSR count). The number of anilines is 1. The van der Waals surface area contributed by atoms with Gasteiger partial charge in [0.2, 0.25) is 11.9 Å². The minimum Gasteiger partial charge on any atom is -0.353 e. The SMILES string of the molecule is O=C(Cc1cccc(C(F)(F)F)c1)NC1CCN(c2nnc3ccccn23)CC1. The van der Waals surface area contributed by atoms with E-state index in [4.69, 9.17) is 0 Å². The lowest BCUT2D eigenvalue weighted by Gasteiger charge is -2.32. The highest BCUT2D eigenvalue weighted by Gasteiger charge is 2.30. The fourth-order valence-corrected chi connectivity index (χ4v) is 3.59. The van der Waals surface area contributed by atoms with Gasteiger partial charge in [-0.15, -0.1) is 10.2 Å². The molecule has 2 aromatic heterocycles. The van der Waals surface area contributed by atoms with E-state index in [0.717, 1.165) is 36.6 Å². The molecule has 0 spiro atoms. The molecule has 0 bridgehead atoms. The maximum atomic E-state index is 12.8. The van der Waals surface area contributed by atoms with Gasteiger partial charge in [0.05, 0.1) is 12.0 Å². The topological polar surface area (TPSA) is 62.5 Å². The third-order valence-electron chi connectivity index (χ3n) is 5.06. The van der Waals surface area contributed by atoms with Crippen LogP contribution in [-0.4, -0.2) is 39.6 Å². The molecule has 6 nitrogen and oxygen atoms in total. The third kappa shape index (κ3) is 4.33. The Morgan fingerprint density at radius 2 is 1.90 bits per heavy atom. The molecule has 0 unspecified atom stereocenters. The maximum Gasteiger partial charge on any atom is 0.416 e. The van der Waals surface area contributed by atoms with Crippen LogP contribution in [0.1, 0.15) is 24.0 Å². The van der Waals surface area contributed by atoms with Crippen LogP contribution >= 0.6 is 0 Å². The maximum absolute atomic E-state index is 12.8. The summed E-state index contributed by atoms with van der Waals surface area (Å²) < 4.78 is 40.4. The predicted octanol–water partition coefficient (Wildman–Crippen LogP) is 3.08. The highest BCUT2D eigenvalue weighted by molar-refractivity contribution is 5.79. The lowest BCUT2D eigenvalue weighted by atomic mass is 10.0. The number of carbonyl (C=O) groups excluding carboxylic acids is 1. The number of hydrogen-bond acceptors (Lipinski definition) is 4. The second-order valence-electron chi connectivity index (χ2n) is 7.13. The first-order chi connectivity index (χ1) is 13.9. The minimum absolute atomic E-state index is 0.0104. The third-order valence-corrected chi connectivity index (χ3v) is 5.06. The van der Waals surface area contributed by atoms with Gasteiger partial charge in [0.15, 0.2) is 5.65 Å². The Morgan fingerprint density at radius 3 is 2.66 bits per heavy atom. The van der Waals surface area contributed by atoms with Crippen molar-refractivity contribution < 1.29 is 18.0 Å². The molecule has 1 amide bonds. The van der Waals surface area contributed by atoms with Crippen molar-refractivity contribution in [2.45, 2.75) is 31.5 Å². The smallest absolute Gasteiger partial charge is 0.353 e. The molecule has 29 heavy (non-hydrogen) atoms. The highest BCUT2D eigenvalue weighted by atomic mass is 19.4. The van der Waals surface area contributed by atoms with Crippen LogP contribution in [0.4, 0.5) is 19.1 Å². The number of alkyl halides is 3. The van der Waals surface area contributed by atoms with Crippen molar-refractivity contribution in [3.63, 3.8) is 0 Å². The summed E-state index contributed by atoms with van der Waals surface area (Å²) in [5.41, 5.74) is 0.389. The number of carbonyl (C=O) groups is 1. The van der Waals surface area contributed by atoms with E-state index in [1.165, 1.54) is 12.1 Å². The van der Waals surface area contributed by atoms with Crippen molar-refractivity contribution in [3.05, 3.63) is 59.8 Å². The molecule has 1 saturated heterocycles. The molecular formula is C20H20F3N5O. The van der Waals surface area contributed by atoms with Crippen molar-refractivity contribution >= 4 is 17.5 Å². The first-order valence-electron chi connectivity index (χ1n) is 9.40. The first-order valence-corrected chi connectivity index (χ1v) is 9.40. The molecular weight excluding hydrogens is 383 g/mol. The number of pyridine rings is 1. The number of halogens is 3. The normalized spacial score (nSPS) is 15.6. The number of nitrogens with zero attached hydrogens (tertiary/aromatic N) is 4. The van der Waals surface area contributed by atoms with Crippen LogP contribution in [0.3, 0.4) is 0 Å². The van der Waals surface area contributed by atoms with E-state index in [0.29, 0.717) is 18.7 Å². The summed E-state index contributed by atoms with van der Waals surface area (Å²) >= 11 is 0. The molecule has 1 aliphatic heterocycles. The summed E-state index contributed by atoms with van der Waals surface area (Å²) in [6.45, 7) is 1.42. The Bertz CT molecular complexity index is 1010. The number of benzene rings is 1. The fraction of sp³-hybridized carbons (Fsp3) is 0.350. The van der Waals surface area contributed by atoms with Crippen LogP contribution in [-0.2, 0) is 17.4 Å². The lowest BCUT2D eigenvalue weighted by Crippen LogP contribution is -2.45. The zero-order valence-corrected chi connectivity index (χ0v) is 15.6. The summed E-state index contributed by atoms with van der Waals surface area (Å²) in [5, 5.41) is 11.3. The van der Waals surface area contributed by atoms with Gasteiger partial charge in [0, 0.05) is 25.3 Å². The number of hydrogen-bond donors (Lipinski definition) is 1.